The topological polar surface area (TPSA) is 46.3 Å². The number of para-hydroxylation sites is 2. The summed E-state index contributed by atoms with van der Waals surface area (Å²) >= 11 is 0. The number of aliphatic hydroxyl groups is 1. The molecule has 1 heterocycles. The molecule has 0 radical (unpaired) electrons. The van der Waals surface area contributed by atoms with Crippen molar-refractivity contribution in [2.45, 2.75) is 20.8 Å². The van der Waals surface area contributed by atoms with E-state index in [9.17, 15) is 5.11 Å². The van der Waals surface area contributed by atoms with Crippen LogP contribution in [0, 0.1) is 5.92 Å². The Balaban J connectivity index is 2.59. The standard InChI is InChI=1S/C15H17NO2/c1-4-7-12(17)14(10(2)3)15-16-11-8-5-6-9-13(11)18-15/h4-10,17H,1-3H3/b7-4-,14-12-. The number of allylic oxidation sites excluding steroid dienone is 3. The first-order valence-corrected chi connectivity index (χ1v) is 6.05. The van der Waals surface area contributed by atoms with E-state index in [4.69, 9.17) is 4.42 Å². The van der Waals surface area contributed by atoms with Gasteiger partial charge < -0.3 is 9.52 Å². The highest BCUT2D eigenvalue weighted by molar-refractivity contribution is 5.76. The average Bonchev–Trinajstić information content (AvgIpc) is 2.71. The van der Waals surface area contributed by atoms with E-state index in [0.717, 1.165) is 16.7 Å². The van der Waals surface area contributed by atoms with Crippen LogP contribution >= 0.6 is 0 Å². The van der Waals surface area contributed by atoms with Crippen molar-refractivity contribution in [3.63, 3.8) is 0 Å². The van der Waals surface area contributed by atoms with Crippen molar-refractivity contribution < 1.29 is 9.52 Å². The van der Waals surface area contributed by atoms with E-state index in [1.807, 2.05) is 45.0 Å². The van der Waals surface area contributed by atoms with Gasteiger partial charge in [0.1, 0.15) is 11.3 Å². The maximum Gasteiger partial charge on any atom is 0.227 e. The zero-order chi connectivity index (χ0) is 13.1. The normalized spacial score (nSPS) is 13.6. The lowest BCUT2D eigenvalue weighted by Crippen LogP contribution is -1.98. The number of rotatable bonds is 3. The van der Waals surface area contributed by atoms with Gasteiger partial charge >= 0.3 is 0 Å². The van der Waals surface area contributed by atoms with Crippen LogP contribution in [0.15, 0.2) is 46.6 Å². The summed E-state index contributed by atoms with van der Waals surface area (Å²) in [6, 6.07) is 7.59. The van der Waals surface area contributed by atoms with E-state index in [1.165, 1.54) is 0 Å². The van der Waals surface area contributed by atoms with Gasteiger partial charge in [-0.05, 0) is 31.1 Å². The molecule has 2 aromatic rings. The lowest BCUT2D eigenvalue weighted by molar-refractivity contribution is 0.426. The van der Waals surface area contributed by atoms with Crippen molar-refractivity contribution in [3.05, 3.63) is 48.1 Å². The molecule has 1 aromatic carbocycles. The Kier molecular flexibility index (Phi) is 3.51. The second-order valence-corrected chi connectivity index (χ2v) is 4.44. The summed E-state index contributed by atoms with van der Waals surface area (Å²) in [5.41, 5.74) is 2.27. The molecule has 94 valence electrons. The summed E-state index contributed by atoms with van der Waals surface area (Å²) in [5, 5.41) is 10.1. The van der Waals surface area contributed by atoms with Gasteiger partial charge in [-0.15, -0.1) is 0 Å². The molecule has 0 saturated carbocycles. The van der Waals surface area contributed by atoms with Crippen LogP contribution in [0.25, 0.3) is 16.7 Å². The molecule has 0 fully saturated rings. The molecule has 0 bridgehead atoms. The third kappa shape index (κ3) is 2.30. The molecule has 0 aliphatic rings. The zero-order valence-electron chi connectivity index (χ0n) is 10.8. The number of hydrogen-bond donors (Lipinski definition) is 1. The molecule has 1 aromatic heterocycles. The van der Waals surface area contributed by atoms with Gasteiger partial charge in [-0.1, -0.05) is 32.1 Å². The predicted octanol–water partition coefficient (Wildman–Crippen LogP) is 4.33. The first-order chi connectivity index (χ1) is 8.63. The molecule has 0 unspecified atom stereocenters. The fourth-order valence-electron chi connectivity index (χ4n) is 1.89. The lowest BCUT2D eigenvalue weighted by Gasteiger charge is -2.08. The molecular weight excluding hydrogens is 226 g/mol. The molecule has 1 N–H and O–H groups in total. The summed E-state index contributed by atoms with van der Waals surface area (Å²) in [7, 11) is 0. The Morgan fingerprint density at radius 3 is 2.67 bits per heavy atom. The number of aromatic nitrogens is 1. The monoisotopic (exact) mass is 243 g/mol. The number of nitrogens with zero attached hydrogens (tertiary/aromatic N) is 1. The van der Waals surface area contributed by atoms with Gasteiger partial charge in [0, 0.05) is 0 Å². The molecule has 3 nitrogen and oxygen atoms in total. The Morgan fingerprint density at radius 2 is 2.06 bits per heavy atom. The molecule has 3 heteroatoms. The van der Waals surface area contributed by atoms with Gasteiger partial charge in [0.25, 0.3) is 0 Å². The second-order valence-electron chi connectivity index (χ2n) is 4.44. The summed E-state index contributed by atoms with van der Waals surface area (Å²) in [6.07, 6.45) is 3.45. The smallest absolute Gasteiger partial charge is 0.227 e. The van der Waals surface area contributed by atoms with Gasteiger partial charge in [-0.2, -0.15) is 0 Å². The van der Waals surface area contributed by atoms with Crippen LogP contribution in [0.3, 0.4) is 0 Å². The van der Waals surface area contributed by atoms with Crippen LogP contribution in [-0.4, -0.2) is 10.1 Å². The van der Waals surface area contributed by atoms with Gasteiger partial charge in [0.2, 0.25) is 5.89 Å². The van der Waals surface area contributed by atoms with Gasteiger partial charge in [-0.25, -0.2) is 4.98 Å². The summed E-state index contributed by atoms with van der Waals surface area (Å²) < 4.78 is 5.70. The van der Waals surface area contributed by atoms with Gasteiger partial charge in [0.05, 0.1) is 5.57 Å². The maximum absolute atomic E-state index is 10.1. The van der Waals surface area contributed by atoms with E-state index in [1.54, 1.807) is 12.2 Å². The molecule has 0 amide bonds. The SMILES string of the molecule is C/C=C\C(O)=C(\c1nc2ccccc2o1)C(C)C. The largest absolute Gasteiger partial charge is 0.507 e. The van der Waals surface area contributed by atoms with Crippen molar-refractivity contribution in [3.8, 4) is 0 Å². The van der Waals surface area contributed by atoms with Crippen molar-refractivity contribution in [1.82, 2.24) is 4.98 Å². The summed E-state index contributed by atoms with van der Waals surface area (Å²) in [5.74, 6) is 0.829. The van der Waals surface area contributed by atoms with Gasteiger partial charge in [-0.3, -0.25) is 0 Å². The molecule has 0 aliphatic heterocycles. The zero-order valence-corrected chi connectivity index (χ0v) is 10.8. The average molecular weight is 243 g/mol. The third-order valence-electron chi connectivity index (χ3n) is 2.70. The number of benzene rings is 1. The Bertz CT molecular complexity index is 573. The molecule has 0 spiro atoms. The maximum atomic E-state index is 10.1. The van der Waals surface area contributed by atoms with E-state index < -0.39 is 0 Å². The Hall–Kier alpha value is -2.03. The van der Waals surface area contributed by atoms with Crippen LogP contribution in [0.1, 0.15) is 26.7 Å². The van der Waals surface area contributed by atoms with E-state index in [0.29, 0.717) is 5.89 Å². The number of fused-ring (bicyclic) bond motifs is 1. The Labute approximate surface area is 106 Å². The van der Waals surface area contributed by atoms with Crippen LogP contribution in [0.2, 0.25) is 0 Å². The first-order valence-electron chi connectivity index (χ1n) is 6.05. The van der Waals surface area contributed by atoms with Crippen molar-refractivity contribution in [2.24, 2.45) is 5.92 Å². The highest BCUT2D eigenvalue weighted by atomic mass is 16.3. The Morgan fingerprint density at radius 1 is 1.33 bits per heavy atom. The van der Waals surface area contributed by atoms with Crippen molar-refractivity contribution >= 4 is 16.7 Å². The van der Waals surface area contributed by atoms with Crippen LogP contribution < -0.4 is 0 Å². The van der Waals surface area contributed by atoms with E-state index in [2.05, 4.69) is 4.98 Å². The van der Waals surface area contributed by atoms with Crippen molar-refractivity contribution in [1.29, 1.82) is 0 Å². The minimum absolute atomic E-state index is 0.134. The number of aliphatic hydroxyl groups excluding tert-OH is 1. The van der Waals surface area contributed by atoms with Gasteiger partial charge in [0.15, 0.2) is 5.58 Å². The molecule has 0 aliphatic carbocycles. The molecule has 2 rings (SSSR count). The fraction of sp³-hybridized carbons (Fsp3) is 0.267. The van der Waals surface area contributed by atoms with Crippen molar-refractivity contribution in [2.75, 3.05) is 0 Å². The minimum atomic E-state index is 0.134. The van der Waals surface area contributed by atoms with E-state index in [-0.39, 0.29) is 11.7 Å². The minimum Gasteiger partial charge on any atom is -0.507 e. The first kappa shape index (κ1) is 12.4. The summed E-state index contributed by atoms with van der Waals surface area (Å²) in [4.78, 5) is 4.42. The van der Waals surface area contributed by atoms with Crippen LogP contribution in [0.5, 0.6) is 0 Å². The molecule has 18 heavy (non-hydrogen) atoms. The number of hydrogen-bond acceptors (Lipinski definition) is 3. The second kappa shape index (κ2) is 5.08. The lowest BCUT2D eigenvalue weighted by atomic mass is 10.0. The third-order valence-corrected chi connectivity index (χ3v) is 2.70. The predicted molar refractivity (Wildman–Crippen MR) is 73.2 cm³/mol. The molecular formula is C15H17NO2. The highest BCUT2D eigenvalue weighted by Gasteiger charge is 2.17. The fourth-order valence-corrected chi connectivity index (χ4v) is 1.89. The molecule has 0 saturated heterocycles. The van der Waals surface area contributed by atoms with Crippen LogP contribution in [-0.2, 0) is 0 Å². The summed E-state index contributed by atoms with van der Waals surface area (Å²) in [6.45, 7) is 5.87. The van der Waals surface area contributed by atoms with E-state index >= 15 is 0 Å². The molecule has 0 atom stereocenters. The highest BCUT2D eigenvalue weighted by Crippen LogP contribution is 2.28. The quantitative estimate of drug-likeness (QED) is 0.644. The van der Waals surface area contributed by atoms with Crippen LogP contribution in [0.4, 0.5) is 0 Å². The number of oxazole rings is 1.